The number of hydrogen-bond donors (Lipinski definition) is 1. The molecule has 1 aliphatic heterocycles. The molecule has 5 nitrogen and oxygen atoms in total. The topological polar surface area (TPSA) is 72.5 Å². The summed E-state index contributed by atoms with van der Waals surface area (Å²) in [6.45, 7) is 1.19. The minimum atomic E-state index is -3.48. The van der Waals surface area contributed by atoms with Gasteiger partial charge in [0.05, 0.1) is 16.8 Å². The molecule has 0 bridgehead atoms. The molecule has 1 atom stereocenters. The smallest absolute Gasteiger partial charge is 0.221 e. The van der Waals surface area contributed by atoms with E-state index in [-0.39, 0.29) is 29.1 Å². The molecular formula is C18H21NO4S. The van der Waals surface area contributed by atoms with Gasteiger partial charge in [-0.1, -0.05) is 30.3 Å². The highest BCUT2D eigenvalue weighted by Gasteiger charge is 2.19. The summed E-state index contributed by atoms with van der Waals surface area (Å²) in [6.07, 6.45) is 1.97. The fraction of sp³-hybridized carbons (Fsp3) is 0.389. The number of rotatable bonds is 6. The Hall–Kier alpha value is -1.92. The van der Waals surface area contributed by atoms with Crippen molar-refractivity contribution in [2.75, 3.05) is 18.9 Å². The number of carbonyl (C=O) groups is 1. The molecule has 0 radical (unpaired) electrons. The fourth-order valence-corrected chi connectivity index (χ4v) is 4.10. The number of carbonyl (C=O) groups excluding carboxylic acids is 1. The van der Waals surface area contributed by atoms with E-state index >= 15 is 0 Å². The first-order chi connectivity index (χ1) is 11.5. The van der Waals surface area contributed by atoms with Crippen molar-refractivity contribution in [1.82, 2.24) is 5.32 Å². The average Bonchev–Trinajstić information content (AvgIpc) is 3.11. The van der Waals surface area contributed by atoms with Crippen molar-refractivity contribution in [3.05, 3.63) is 42.5 Å². The van der Waals surface area contributed by atoms with Crippen LogP contribution in [0.3, 0.4) is 0 Å². The summed E-state index contributed by atoms with van der Waals surface area (Å²) in [7, 11) is -3.48. The third-order valence-corrected chi connectivity index (χ3v) is 5.94. The van der Waals surface area contributed by atoms with Crippen LogP contribution < -0.4 is 5.32 Å². The third-order valence-electron chi connectivity index (χ3n) is 4.23. The number of amides is 1. The number of hydrogen-bond acceptors (Lipinski definition) is 4. The molecule has 6 heteroatoms. The lowest BCUT2D eigenvalue weighted by Gasteiger charge is -2.11. The summed E-state index contributed by atoms with van der Waals surface area (Å²) in [5.41, 5.74) is 0. The predicted molar refractivity (Wildman–Crippen MR) is 92.6 cm³/mol. The molecule has 1 heterocycles. The molecule has 1 amide bonds. The Morgan fingerprint density at radius 1 is 1.17 bits per heavy atom. The second-order valence-electron chi connectivity index (χ2n) is 6.02. The Morgan fingerprint density at radius 3 is 2.71 bits per heavy atom. The Labute approximate surface area is 141 Å². The molecule has 0 spiro atoms. The largest absolute Gasteiger partial charge is 0.376 e. The highest BCUT2D eigenvalue weighted by atomic mass is 32.2. The van der Waals surface area contributed by atoms with Crippen molar-refractivity contribution in [2.24, 2.45) is 0 Å². The second kappa shape index (κ2) is 7.32. The second-order valence-corrected chi connectivity index (χ2v) is 8.13. The van der Waals surface area contributed by atoms with Crippen LogP contribution in [0.15, 0.2) is 47.4 Å². The molecule has 2 aromatic rings. The van der Waals surface area contributed by atoms with E-state index in [1.165, 1.54) is 0 Å². The first-order valence-electron chi connectivity index (χ1n) is 8.14. The van der Waals surface area contributed by atoms with Gasteiger partial charge >= 0.3 is 0 Å². The highest BCUT2D eigenvalue weighted by Crippen LogP contribution is 2.20. The molecule has 24 heavy (non-hydrogen) atoms. The van der Waals surface area contributed by atoms with Gasteiger partial charge in [-0.25, -0.2) is 8.42 Å². The lowest BCUT2D eigenvalue weighted by Crippen LogP contribution is -2.32. The maximum Gasteiger partial charge on any atom is 0.221 e. The van der Waals surface area contributed by atoms with Crippen LogP contribution in [-0.2, 0) is 19.4 Å². The number of benzene rings is 2. The van der Waals surface area contributed by atoms with Crippen LogP contribution >= 0.6 is 0 Å². The van der Waals surface area contributed by atoms with Crippen LogP contribution in [0.1, 0.15) is 19.3 Å². The molecule has 0 saturated carbocycles. The Morgan fingerprint density at radius 2 is 1.96 bits per heavy atom. The van der Waals surface area contributed by atoms with E-state index in [4.69, 9.17) is 4.74 Å². The molecule has 1 saturated heterocycles. The Bertz CT molecular complexity index is 826. The minimum Gasteiger partial charge on any atom is -0.376 e. The van der Waals surface area contributed by atoms with E-state index in [0.717, 1.165) is 30.2 Å². The lowest BCUT2D eigenvalue weighted by atomic mass is 10.1. The minimum absolute atomic E-state index is 0.0398. The third kappa shape index (κ3) is 4.13. The van der Waals surface area contributed by atoms with Crippen molar-refractivity contribution < 1.29 is 17.9 Å². The maximum atomic E-state index is 12.4. The van der Waals surface area contributed by atoms with E-state index in [9.17, 15) is 13.2 Å². The van der Waals surface area contributed by atoms with Gasteiger partial charge in [-0.3, -0.25) is 4.79 Å². The molecular weight excluding hydrogens is 326 g/mol. The van der Waals surface area contributed by atoms with Gasteiger partial charge in [0.2, 0.25) is 5.91 Å². The molecule has 3 rings (SSSR count). The van der Waals surface area contributed by atoms with Gasteiger partial charge in [-0.2, -0.15) is 0 Å². The monoisotopic (exact) mass is 347 g/mol. The summed E-state index contributed by atoms with van der Waals surface area (Å²) in [6, 6.07) is 12.6. The van der Waals surface area contributed by atoms with Gasteiger partial charge < -0.3 is 10.1 Å². The molecule has 0 aromatic heterocycles. The zero-order valence-corrected chi connectivity index (χ0v) is 14.2. The van der Waals surface area contributed by atoms with Crippen LogP contribution in [0, 0.1) is 0 Å². The van der Waals surface area contributed by atoms with Gasteiger partial charge in [0.1, 0.15) is 0 Å². The lowest BCUT2D eigenvalue weighted by molar-refractivity contribution is -0.121. The maximum absolute atomic E-state index is 12.4. The van der Waals surface area contributed by atoms with Crippen molar-refractivity contribution in [1.29, 1.82) is 0 Å². The van der Waals surface area contributed by atoms with Crippen molar-refractivity contribution in [3.8, 4) is 0 Å². The Balaban J connectivity index is 1.59. The molecule has 128 valence electrons. The first-order valence-corrected chi connectivity index (χ1v) is 9.80. The quantitative estimate of drug-likeness (QED) is 0.870. The summed E-state index contributed by atoms with van der Waals surface area (Å²) in [5.74, 6) is -0.447. The van der Waals surface area contributed by atoms with Crippen molar-refractivity contribution in [2.45, 2.75) is 30.3 Å². The van der Waals surface area contributed by atoms with Gasteiger partial charge in [-0.15, -0.1) is 0 Å². The van der Waals surface area contributed by atoms with Crippen LogP contribution in [0.4, 0.5) is 0 Å². The molecule has 0 aliphatic carbocycles. The number of fused-ring (bicyclic) bond motifs is 1. The standard InChI is InChI=1S/C18H21NO4S/c20-18(19-13-16-6-3-10-23-16)9-11-24(21,22)17-8-7-14-4-1-2-5-15(14)12-17/h1-2,4-5,7-8,12,16H,3,6,9-11,13H2,(H,19,20)/t16-/m1/s1. The predicted octanol–water partition coefficient (Wildman–Crippen LogP) is 2.30. The van der Waals surface area contributed by atoms with E-state index < -0.39 is 9.84 Å². The van der Waals surface area contributed by atoms with Crippen molar-refractivity contribution in [3.63, 3.8) is 0 Å². The summed E-state index contributed by atoms with van der Waals surface area (Å²) in [4.78, 5) is 12.1. The summed E-state index contributed by atoms with van der Waals surface area (Å²) < 4.78 is 30.3. The summed E-state index contributed by atoms with van der Waals surface area (Å²) in [5, 5.41) is 4.62. The number of ether oxygens (including phenoxy) is 1. The number of sulfone groups is 1. The zero-order valence-electron chi connectivity index (χ0n) is 13.4. The fourth-order valence-electron chi connectivity index (χ4n) is 2.83. The van der Waals surface area contributed by atoms with E-state index in [0.29, 0.717) is 6.54 Å². The SMILES string of the molecule is O=C(CCS(=O)(=O)c1ccc2ccccc2c1)NC[C@H]1CCCO1. The molecule has 1 aliphatic rings. The van der Waals surface area contributed by atoms with Gasteiger partial charge in [0.15, 0.2) is 9.84 Å². The van der Waals surface area contributed by atoms with Gasteiger partial charge in [-0.05, 0) is 35.7 Å². The molecule has 1 N–H and O–H groups in total. The highest BCUT2D eigenvalue weighted by molar-refractivity contribution is 7.91. The van der Waals surface area contributed by atoms with Crippen molar-refractivity contribution >= 4 is 26.5 Å². The van der Waals surface area contributed by atoms with Gasteiger partial charge in [0.25, 0.3) is 0 Å². The average molecular weight is 347 g/mol. The summed E-state index contributed by atoms with van der Waals surface area (Å²) >= 11 is 0. The Kier molecular flexibility index (Phi) is 5.16. The van der Waals surface area contributed by atoms with Crippen LogP contribution in [0.25, 0.3) is 10.8 Å². The van der Waals surface area contributed by atoms with E-state index in [1.807, 2.05) is 24.3 Å². The van der Waals surface area contributed by atoms with Crippen LogP contribution in [0.2, 0.25) is 0 Å². The molecule has 1 fully saturated rings. The first kappa shape index (κ1) is 16.9. The van der Waals surface area contributed by atoms with E-state index in [1.54, 1.807) is 18.2 Å². The van der Waals surface area contributed by atoms with Crippen LogP contribution in [-0.4, -0.2) is 39.3 Å². The number of nitrogens with one attached hydrogen (secondary N) is 1. The van der Waals surface area contributed by atoms with E-state index in [2.05, 4.69) is 5.32 Å². The molecule has 2 aromatic carbocycles. The normalized spacial score (nSPS) is 17.9. The molecule has 0 unspecified atom stereocenters. The van der Waals surface area contributed by atoms with Gasteiger partial charge in [0, 0.05) is 19.6 Å². The zero-order chi connectivity index (χ0) is 17.0. The van der Waals surface area contributed by atoms with Crippen LogP contribution in [0.5, 0.6) is 0 Å².